The molecule has 1 spiro atoms. The molecule has 3 rings (SSSR count). The largest absolute Gasteiger partial charge is 0.372 e. The molecule has 0 N–H and O–H groups in total. The van der Waals surface area contributed by atoms with E-state index in [1.807, 2.05) is 0 Å². The Kier molecular flexibility index (Phi) is 4.87. The number of likely N-dealkylation sites (tertiary alicyclic amines) is 1. The van der Waals surface area contributed by atoms with Crippen molar-refractivity contribution in [3.63, 3.8) is 0 Å². The molecule has 1 amide bonds. The quantitative estimate of drug-likeness (QED) is 0.728. The fourth-order valence-corrected chi connectivity index (χ4v) is 3.96. The molecule has 3 aliphatic rings. The van der Waals surface area contributed by atoms with E-state index < -0.39 is 17.3 Å². The maximum absolute atomic E-state index is 12.7. The zero-order chi connectivity index (χ0) is 17.0. The summed E-state index contributed by atoms with van der Waals surface area (Å²) in [6.07, 6.45) is 12.3. The van der Waals surface area contributed by atoms with Gasteiger partial charge in [0.2, 0.25) is 5.91 Å². The van der Waals surface area contributed by atoms with Crippen molar-refractivity contribution in [2.75, 3.05) is 13.2 Å². The van der Waals surface area contributed by atoms with Gasteiger partial charge in [0.05, 0.1) is 6.07 Å². The van der Waals surface area contributed by atoms with Crippen LogP contribution in [0.2, 0.25) is 0 Å². The minimum atomic E-state index is -0.478. The zero-order valence-corrected chi connectivity index (χ0v) is 14.0. The number of carbonyl (C=O) groups is 1. The number of amides is 1. The second-order valence-corrected chi connectivity index (χ2v) is 6.98. The van der Waals surface area contributed by atoms with Gasteiger partial charge in [-0.05, 0) is 32.1 Å². The lowest BCUT2D eigenvalue weighted by molar-refractivity contribution is -0.159. The molecular formula is C18H24N4O2. The van der Waals surface area contributed by atoms with Crippen LogP contribution in [0.25, 0.3) is 0 Å². The Hall–Kier alpha value is -1.92. The normalized spacial score (nSPS) is 30.6. The number of hydrogen-bond donors (Lipinski definition) is 0. The van der Waals surface area contributed by atoms with Crippen molar-refractivity contribution >= 4 is 5.91 Å². The topological polar surface area (TPSA) is 78.0 Å². The molecule has 0 bridgehead atoms. The van der Waals surface area contributed by atoms with Gasteiger partial charge in [-0.15, -0.1) is 12.3 Å². The molecule has 0 aliphatic carbocycles. The van der Waals surface area contributed by atoms with Crippen LogP contribution in [-0.4, -0.2) is 41.3 Å². The molecule has 0 aromatic heterocycles. The van der Waals surface area contributed by atoms with Crippen LogP contribution in [0.15, 0.2) is 10.2 Å². The summed E-state index contributed by atoms with van der Waals surface area (Å²) in [5, 5.41) is 17.9. The van der Waals surface area contributed by atoms with Crippen LogP contribution in [-0.2, 0) is 9.53 Å². The predicted molar refractivity (Wildman–Crippen MR) is 87.8 cm³/mol. The van der Waals surface area contributed by atoms with E-state index in [2.05, 4.69) is 22.2 Å². The number of nitriles is 1. The first-order valence-corrected chi connectivity index (χ1v) is 8.85. The first-order valence-electron chi connectivity index (χ1n) is 8.85. The maximum atomic E-state index is 12.7. The summed E-state index contributed by atoms with van der Waals surface area (Å²) in [4.78, 5) is 14.5. The molecule has 2 fully saturated rings. The average molecular weight is 328 g/mol. The number of rotatable bonds is 5. The third-order valence-corrected chi connectivity index (χ3v) is 5.43. The minimum absolute atomic E-state index is 0.00665. The Morgan fingerprint density at radius 1 is 1.29 bits per heavy atom. The molecule has 3 heterocycles. The number of hydrogen-bond acceptors (Lipinski definition) is 5. The van der Waals surface area contributed by atoms with E-state index in [4.69, 9.17) is 11.2 Å². The van der Waals surface area contributed by atoms with E-state index in [0.29, 0.717) is 38.8 Å². The molecule has 2 atom stereocenters. The summed E-state index contributed by atoms with van der Waals surface area (Å²) in [7, 11) is 0. The number of carbonyl (C=O) groups excluding carboxylic acids is 1. The molecule has 3 aliphatic heterocycles. The molecule has 0 saturated carbocycles. The molecule has 6 heteroatoms. The van der Waals surface area contributed by atoms with E-state index in [1.54, 1.807) is 4.90 Å². The number of nitrogens with zero attached hydrogens (tertiary/aromatic N) is 4. The summed E-state index contributed by atoms with van der Waals surface area (Å²) in [5.74, 6) is 2.60. The smallest absolute Gasteiger partial charge is 0.223 e. The summed E-state index contributed by atoms with van der Waals surface area (Å²) in [5.41, 5.74) is -0.907. The molecule has 0 radical (unpaired) electrons. The lowest BCUT2D eigenvalue weighted by Gasteiger charge is -2.48. The van der Waals surface area contributed by atoms with Crippen molar-refractivity contribution in [1.29, 1.82) is 5.26 Å². The van der Waals surface area contributed by atoms with Gasteiger partial charge in [0.25, 0.3) is 0 Å². The second kappa shape index (κ2) is 6.91. The molecule has 2 unspecified atom stereocenters. The van der Waals surface area contributed by atoms with Gasteiger partial charge < -0.3 is 9.64 Å². The maximum Gasteiger partial charge on any atom is 0.223 e. The van der Waals surface area contributed by atoms with Crippen molar-refractivity contribution in [2.24, 2.45) is 10.2 Å². The van der Waals surface area contributed by atoms with E-state index in [0.717, 1.165) is 32.1 Å². The summed E-state index contributed by atoms with van der Waals surface area (Å²) >= 11 is 0. The molecule has 2 saturated heterocycles. The van der Waals surface area contributed by atoms with Crippen molar-refractivity contribution in [2.45, 2.75) is 75.1 Å². The van der Waals surface area contributed by atoms with Gasteiger partial charge in [-0.25, -0.2) is 0 Å². The Labute approximate surface area is 143 Å². The van der Waals surface area contributed by atoms with Crippen molar-refractivity contribution < 1.29 is 9.53 Å². The first-order chi connectivity index (χ1) is 11.6. The second-order valence-electron chi connectivity index (χ2n) is 6.98. The summed E-state index contributed by atoms with van der Waals surface area (Å²) in [6, 6.07) is 1.87. The van der Waals surface area contributed by atoms with Gasteiger partial charge in [0, 0.05) is 38.8 Å². The number of terminal acetylenes is 1. The number of ether oxygens (including phenoxy) is 1. The van der Waals surface area contributed by atoms with Crippen molar-refractivity contribution in [1.82, 2.24) is 4.90 Å². The van der Waals surface area contributed by atoms with Gasteiger partial charge in [-0.2, -0.15) is 15.5 Å². The SMILES string of the molecule is C#CCCC1(CCC(=O)N2CCCC3(CCCCO3)C2C#N)N=N1. The molecule has 0 aromatic rings. The summed E-state index contributed by atoms with van der Waals surface area (Å²) in [6.45, 7) is 1.32. The molecule has 6 nitrogen and oxygen atoms in total. The van der Waals surface area contributed by atoms with Crippen LogP contribution in [0, 0.1) is 23.7 Å². The fraction of sp³-hybridized carbons (Fsp3) is 0.778. The Bertz CT molecular complexity index is 584. The number of piperidine rings is 1. The molecular weight excluding hydrogens is 304 g/mol. The fourth-order valence-electron chi connectivity index (χ4n) is 3.96. The minimum Gasteiger partial charge on any atom is -0.372 e. The van der Waals surface area contributed by atoms with Crippen LogP contribution in [0.4, 0.5) is 0 Å². The van der Waals surface area contributed by atoms with Gasteiger partial charge in [-0.3, -0.25) is 4.79 Å². The lowest BCUT2D eigenvalue weighted by Crippen LogP contribution is -2.60. The molecule has 0 aromatic carbocycles. The van der Waals surface area contributed by atoms with Crippen LogP contribution >= 0.6 is 0 Å². The van der Waals surface area contributed by atoms with Crippen LogP contribution < -0.4 is 0 Å². The highest BCUT2D eigenvalue weighted by Crippen LogP contribution is 2.40. The van der Waals surface area contributed by atoms with E-state index in [9.17, 15) is 10.1 Å². The van der Waals surface area contributed by atoms with E-state index in [-0.39, 0.29) is 5.91 Å². The highest BCUT2D eigenvalue weighted by molar-refractivity contribution is 5.77. The van der Waals surface area contributed by atoms with Crippen LogP contribution in [0.1, 0.15) is 57.8 Å². The van der Waals surface area contributed by atoms with E-state index >= 15 is 0 Å². The van der Waals surface area contributed by atoms with Crippen molar-refractivity contribution in [3.05, 3.63) is 0 Å². The monoisotopic (exact) mass is 328 g/mol. The Morgan fingerprint density at radius 2 is 2.08 bits per heavy atom. The van der Waals surface area contributed by atoms with Gasteiger partial charge in [-0.1, -0.05) is 0 Å². The van der Waals surface area contributed by atoms with Crippen molar-refractivity contribution in [3.8, 4) is 18.4 Å². The standard InChI is InChI=1S/C18H24N4O2/c1-2-3-10-18(20-21-18)11-7-16(23)22-12-6-9-17(15(22)14-19)8-4-5-13-24-17/h1,15H,3-13H2. The van der Waals surface area contributed by atoms with Gasteiger partial charge in [0.1, 0.15) is 11.6 Å². The third kappa shape index (κ3) is 3.30. The first kappa shape index (κ1) is 16.9. The van der Waals surface area contributed by atoms with Gasteiger partial charge in [0.15, 0.2) is 5.66 Å². The Morgan fingerprint density at radius 3 is 2.71 bits per heavy atom. The zero-order valence-electron chi connectivity index (χ0n) is 14.0. The Balaban J connectivity index is 1.61. The lowest BCUT2D eigenvalue weighted by atomic mass is 9.79. The van der Waals surface area contributed by atoms with Gasteiger partial charge >= 0.3 is 0 Å². The van der Waals surface area contributed by atoms with Crippen LogP contribution in [0.3, 0.4) is 0 Å². The third-order valence-electron chi connectivity index (χ3n) is 5.43. The highest BCUT2D eigenvalue weighted by Gasteiger charge is 2.49. The highest BCUT2D eigenvalue weighted by atomic mass is 16.5. The van der Waals surface area contributed by atoms with E-state index in [1.165, 1.54) is 0 Å². The summed E-state index contributed by atoms with van der Waals surface area (Å²) < 4.78 is 6.03. The predicted octanol–water partition coefficient (Wildman–Crippen LogP) is 2.80. The van der Waals surface area contributed by atoms with Crippen LogP contribution in [0.5, 0.6) is 0 Å². The molecule has 128 valence electrons. The average Bonchev–Trinajstić information content (AvgIpc) is 3.39. The molecule has 24 heavy (non-hydrogen) atoms.